The van der Waals surface area contributed by atoms with Crippen LogP contribution in [0.25, 0.3) is 0 Å². The van der Waals surface area contributed by atoms with Crippen molar-refractivity contribution in [3.05, 3.63) is 23.8 Å². The van der Waals surface area contributed by atoms with Crippen molar-refractivity contribution in [3.63, 3.8) is 0 Å². The third kappa shape index (κ3) is 5.61. The molecule has 1 aromatic carbocycles. The first kappa shape index (κ1) is 17.3. The molecule has 1 atom stereocenters. The second kappa shape index (κ2) is 9.20. The molecular weight excluding hydrogens is 272 g/mol. The molecule has 1 unspecified atom stereocenters. The Bertz CT molecular complexity index is 451. The molecule has 0 saturated carbocycles. The number of hydrogen-bond donors (Lipinski definition) is 2. The smallest absolute Gasteiger partial charge is 0.260 e. The predicted octanol–water partition coefficient (Wildman–Crippen LogP) is 0.726. The minimum absolute atomic E-state index is 0.194. The third-order valence-electron chi connectivity index (χ3n) is 2.94. The van der Waals surface area contributed by atoms with Crippen LogP contribution in [0.2, 0.25) is 0 Å². The Morgan fingerprint density at radius 3 is 2.71 bits per heavy atom. The Balaban J connectivity index is 2.66. The fraction of sp³-hybridized carbons (Fsp3) is 0.533. The van der Waals surface area contributed by atoms with Gasteiger partial charge in [0.2, 0.25) is 0 Å². The van der Waals surface area contributed by atoms with E-state index in [4.69, 9.17) is 19.9 Å². The number of carbonyl (C=O) groups is 1. The number of nitrogens with two attached hydrogens (primary N) is 1. The van der Waals surface area contributed by atoms with Crippen LogP contribution < -0.4 is 20.5 Å². The lowest BCUT2D eigenvalue weighted by Gasteiger charge is -2.17. The average Bonchev–Trinajstić information content (AvgIpc) is 2.49. The van der Waals surface area contributed by atoms with Crippen molar-refractivity contribution in [2.24, 2.45) is 5.73 Å². The molecular formula is C15H24N2O4. The van der Waals surface area contributed by atoms with Crippen molar-refractivity contribution in [2.45, 2.75) is 19.4 Å². The maximum atomic E-state index is 11.8. The quantitative estimate of drug-likeness (QED) is 0.656. The highest BCUT2D eigenvalue weighted by Gasteiger charge is 2.16. The minimum Gasteiger partial charge on any atom is -0.493 e. The summed E-state index contributed by atoms with van der Waals surface area (Å²) in [5.74, 6) is 0.935. The molecule has 3 N–H and O–H groups in total. The number of rotatable bonds is 9. The van der Waals surface area contributed by atoms with Crippen molar-refractivity contribution in [1.82, 2.24) is 5.32 Å². The van der Waals surface area contributed by atoms with Gasteiger partial charge in [-0.3, -0.25) is 4.79 Å². The van der Waals surface area contributed by atoms with E-state index in [-0.39, 0.29) is 5.91 Å². The van der Waals surface area contributed by atoms with Gasteiger partial charge in [0.15, 0.2) is 17.6 Å². The van der Waals surface area contributed by atoms with Crippen molar-refractivity contribution in [2.75, 3.05) is 33.9 Å². The number of ether oxygens (including phenoxy) is 3. The second-order valence-corrected chi connectivity index (χ2v) is 4.57. The van der Waals surface area contributed by atoms with Crippen molar-refractivity contribution >= 4 is 5.91 Å². The Morgan fingerprint density at radius 1 is 1.33 bits per heavy atom. The Morgan fingerprint density at radius 2 is 2.10 bits per heavy atom. The maximum absolute atomic E-state index is 11.8. The summed E-state index contributed by atoms with van der Waals surface area (Å²) in [6, 6.07) is 5.58. The molecule has 0 aliphatic heterocycles. The molecule has 1 amide bonds. The summed E-state index contributed by atoms with van der Waals surface area (Å²) in [5.41, 5.74) is 6.60. The van der Waals surface area contributed by atoms with E-state index in [2.05, 4.69) is 5.32 Å². The largest absolute Gasteiger partial charge is 0.493 e. The normalized spacial score (nSPS) is 11.8. The number of benzene rings is 1. The van der Waals surface area contributed by atoms with Crippen LogP contribution >= 0.6 is 0 Å². The van der Waals surface area contributed by atoms with E-state index < -0.39 is 6.10 Å². The number of amides is 1. The van der Waals surface area contributed by atoms with E-state index in [9.17, 15) is 4.79 Å². The summed E-state index contributed by atoms with van der Waals surface area (Å²) in [5, 5.41) is 2.73. The standard InChI is InChI=1S/C15H24N2O4/c1-11(15(18)17-8-9-19-2)21-13-5-4-12(6-7-16)10-14(13)20-3/h4-5,10-11H,6-9,16H2,1-3H3,(H,17,18). The van der Waals surface area contributed by atoms with E-state index in [1.54, 1.807) is 27.2 Å². The predicted molar refractivity (Wildman–Crippen MR) is 80.7 cm³/mol. The first-order valence-corrected chi connectivity index (χ1v) is 6.92. The highest BCUT2D eigenvalue weighted by Crippen LogP contribution is 2.29. The van der Waals surface area contributed by atoms with Gasteiger partial charge in [0.1, 0.15) is 0 Å². The molecule has 1 aromatic rings. The Hall–Kier alpha value is -1.79. The Kier molecular flexibility index (Phi) is 7.56. The van der Waals surface area contributed by atoms with Crippen LogP contribution in [0, 0.1) is 0 Å². The van der Waals surface area contributed by atoms with Crippen LogP contribution in [0.15, 0.2) is 18.2 Å². The highest BCUT2D eigenvalue weighted by molar-refractivity contribution is 5.80. The van der Waals surface area contributed by atoms with E-state index >= 15 is 0 Å². The van der Waals surface area contributed by atoms with Gasteiger partial charge in [-0.2, -0.15) is 0 Å². The molecule has 21 heavy (non-hydrogen) atoms. The lowest BCUT2D eigenvalue weighted by atomic mass is 10.1. The van der Waals surface area contributed by atoms with Crippen LogP contribution in [-0.2, 0) is 16.0 Å². The Labute approximate surface area is 125 Å². The zero-order valence-corrected chi connectivity index (χ0v) is 12.8. The number of hydrogen-bond acceptors (Lipinski definition) is 5. The molecule has 0 aliphatic rings. The fourth-order valence-corrected chi connectivity index (χ4v) is 1.80. The van der Waals surface area contributed by atoms with Crippen LogP contribution in [0.3, 0.4) is 0 Å². The third-order valence-corrected chi connectivity index (χ3v) is 2.94. The molecule has 0 radical (unpaired) electrons. The topological polar surface area (TPSA) is 82.8 Å². The summed E-state index contributed by atoms with van der Waals surface area (Å²) in [6.07, 6.45) is 0.153. The number of nitrogens with one attached hydrogen (secondary N) is 1. The van der Waals surface area contributed by atoms with Gasteiger partial charge in [-0.15, -0.1) is 0 Å². The molecule has 0 spiro atoms. The first-order chi connectivity index (χ1) is 10.1. The van der Waals surface area contributed by atoms with Gasteiger partial charge in [0.25, 0.3) is 5.91 Å². The molecule has 1 rings (SSSR count). The lowest BCUT2D eigenvalue weighted by molar-refractivity contribution is -0.127. The van der Waals surface area contributed by atoms with Gasteiger partial charge in [-0.1, -0.05) is 6.07 Å². The number of methoxy groups -OCH3 is 2. The second-order valence-electron chi connectivity index (χ2n) is 4.57. The average molecular weight is 296 g/mol. The fourth-order valence-electron chi connectivity index (χ4n) is 1.80. The molecule has 0 fully saturated rings. The van der Waals surface area contributed by atoms with Crippen LogP contribution in [0.4, 0.5) is 0 Å². The van der Waals surface area contributed by atoms with E-state index in [0.717, 1.165) is 12.0 Å². The zero-order chi connectivity index (χ0) is 15.7. The van der Waals surface area contributed by atoms with E-state index in [0.29, 0.717) is 31.2 Å². The molecule has 118 valence electrons. The van der Waals surface area contributed by atoms with Gasteiger partial charge >= 0.3 is 0 Å². The molecule has 0 heterocycles. The van der Waals surface area contributed by atoms with Crippen LogP contribution in [0.5, 0.6) is 11.5 Å². The zero-order valence-electron chi connectivity index (χ0n) is 12.8. The SMILES string of the molecule is COCCNC(=O)C(C)Oc1ccc(CCN)cc1OC. The van der Waals surface area contributed by atoms with Crippen LogP contribution in [0.1, 0.15) is 12.5 Å². The van der Waals surface area contributed by atoms with E-state index in [1.807, 2.05) is 12.1 Å². The van der Waals surface area contributed by atoms with Crippen LogP contribution in [-0.4, -0.2) is 45.9 Å². The van der Waals surface area contributed by atoms with Gasteiger partial charge in [-0.25, -0.2) is 0 Å². The van der Waals surface area contributed by atoms with Gasteiger partial charge in [-0.05, 0) is 37.6 Å². The monoisotopic (exact) mass is 296 g/mol. The summed E-state index contributed by atoms with van der Waals surface area (Å²) in [6.45, 7) is 3.18. The molecule has 6 nitrogen and oxygen atoms in total. The van der Waals surface area contributed by atoms with Gasteiger partial charge < -0.3 is 25.3 Å². The van der Waals surface area contributed by atoms with Crippen molar-refractivity contribution < 1.29 is 19.0 Å². The summed E-state index contributed by atoms with van der Waals surface area (Å²) >= 11 is 0. The first-order valence-electron chi connectivity index (χ1n) is 6.92. The molecule has 0 aliphatic carbocycles. The van der Waals surface area contributed by atoms with E-state index in [1.165, 1.54) is 0 Å². The minimum atomic E-state index is -0.615. The number of carbonyl (C=O) groups excluding carboxylic acids is 1. The van der Waals surface area contributed by atoms with Gasteiger partial charge in [0, 0.05) is 13.7 Å². The highest BCUT2D eigenvalue weighted by atomic mass is 16.5. The molecule has 6 heteroatoms. The molecule has 0 saturated heterocycles. The van der Waals surface area contributed by atoms with Gasteiger partial charge in [0.05, 0.1) is 13.7 Å². The van der Waals surface area contributed by atoms with Crippen molar-refractivity contribution in [1.29, 1.82) is 0 Å². The lowest BCUT2D eigenvalue weighted by Crippen LogP contribution is -2.38. The summed E-state index contributed by atoms with van der Waals surface area (Å²) in [4.78, 5) is 11.8. The molecule has 0 bridgehead atoms. The van der Waals surface area contributed by atoms with Crippen molar-refractivity contribution in [3.8, 4) is 11.5 Å². The molecule has 0 aromatic heterocycles. The summed E-state index contributed by atoms with van der Waals surface area (Å²) < 4.78 is 15.8. The summed E-state index contributed by atoms with van der Waals surface area (Å²) in [7, 11) is 3.15. The maximum Gasteiger partial charge on any atom is 0.260 e.